The zero-order chi connectivity index (χ0) is 23.1. The summed E-state index contributed by atoms with van der Waals surface area (Å²) in [6, 6.07) is 14.7. The maximum Gasteiger partial charge on any atom is 0.346 e. The van der Waals surface area contributed by atoms with Crippen LogP contribution >= 0.6 is 0 Å². The zero-order valence-electron chi connectivity index (χ0n) is 19.2. The third-order valence-corrected chi connectivity index (χ3v) is 5.71. The zero-order valence-corrected chi connectivity index (χ0v) is 19.2. The minimum atomic E-state index is -0.747. The molecule has 3 rings (SSSR count). The molecule has 1 N–H and O–H groups in total. The molecule has 0 amide bonds. The van der Waals surface area contributed by atoms with Gasteiger partial charge in [-0.15, -0.1) is 0 Å². The van der Waals surface area contributed by atoms with Crippen LogP contribution in [0.2, 0.25) is 0 Å². The van der Waals surface area contributed by atoms with Gasteiger partial charge in [-0.1, -0.05) is 23.8 Å². The minimum Gasteiger partial charge on any atom is -0.465 e. The Hall–Kier alpha value is -3.32. The molecule has 0 aliphatic carbocycles. The van der Waals surface area contributed by atoms with E-state index in [1.165, 1.54) is 42.8 Å². The second-order valence-electron chi connectivity index (χ2n) is 7.93. The summed E-state index contributed by atoms with van der Waals surface area (Å²) in [5.74, 6) is -1.49. The lowest BCUT2D eigenvalue weighted by atomic mass is 10.1. The first-order chi connectivity index (χ1) is 15.4. The van der Waals surface area contributed by atoms with E-state index in [1.807, 2.05) is 18.2 Å². The molecule has 1 heterocycles. The van der Waals surface area contributed by atoms with Gasteiger partial charge in [-0.2, -0.15) is 0 Å². The molecular weight excluding hydrogens is 406 g/mol. The van der Waals surface area contributed by atoms with Crippen molar-refractivity contribution >= 4 is 23.3 Å². The molecule has 1 aliphatic heterocycles. The molecule has 2 aromatic carbocycles. The van der Waals surface area contributed by atoms with Crippen LogP contribution in [0.25, 0.3) is 0 Å². The summed E-state index contributed by atoms with van der Waals surface area (Å²) in [5.41, 5.74) is 5.54. The van der Waals surface area contributed by atoms with Gasteiger partial charge in [0, 0.05) is 50.3 Å². The molecule has 7 heteroatoms. The van der Waals surface area contributed by atoms with Crippen molar-refractivity contribution in [3.05, 3.63) is 70.9 Å². The number of hydrogen-bond acceptors (Lipinski definition) is 7. The van der Waals surface area contributed by atoms with E-state index in [4.69, 9.17) is 0 Å². The van der Waals surface area contributed by atoms with Crippen LogP contribution in [0.4, 0.5) is 11.4 Å². The van der Waals surface area contributed by atoms with Crippen molar-refractivity contribution in [3.63, 3.8) is 0 Å². The Morgan fingerprint density at radius 1 is 0.938 bits per heavy atom. The van der Waals surface area contributed by atoms with Crippen molar-refractivity contribution in [2.24, 2.45) is 0 Å². The van der Waals surface area contributed by atoms with Crippen LogP contribution < -0.4 is 10.2 Å². The average Bonchev–Trinajstić information content (AvgIpc) is 2.81. The lowest BCUT2D eigenvalue weighted by Gasteiger charge is -2.36. The topological polar surface area (TPSA) is 71.1 Å². The summed E-state index contributed by atoms with van der Waals surface area (Å²) in [7, 11) is 2.45. The fourth-order valence-corrected chi connectivity index (χ4v) is 3.67. The fourth-order valence-electron chi connectivity index (χ4n) is 3.67. The smallest absolute Gasteiger partial charge is 0.346 e. The summed E-state index contributed by atoms with van der Waals surface area (Å²) in [6.45, 7) is 8.99. The highest BCUT2D eigenvalue weighted by molar-refractivity contribution is 6.14. The minimum absolute atomic E-state index is 0.190. The highest BCUT2D eigenvalue weighted by Gasteiger charge is 2.20. The molecule has 0 radical (unpaired) electrons. The standard InChI is InChI=1S/C25H31N3O4/c1-18-5-9-22(10-6-18)28-13-11-27(12-14-28)17-20-15-21(8-7-19(20)2)26-16-23(24(29)31-3)25(30)32-4/h5-10,15-16,26H,11-14,17H2,1-4H3. The van der Waals surface area contributed by atoms with Crippen molar-refractivity contribution in [1.82, 2.24) is 4.90 Å². The van der Waals surface area contributed by atoms with Gasteiger partial charge in [-0.3, -0.25) is 4.90 Å². The molecular formula is C25H31N3O4. The fraction of sp³-hybridized carbons (Fsp3) is 0.360. The van der Waals surface area contributed by atoms with E-state index in [-0.39, 0.29) is 5.57 Å². The Morgan fingerprint density at radius 2 is 1.56 bits per heavy atom. The molecule has 0 aromatic heterocycles. The van der Waals surface area contributed by atoms with Crippen LogP contribution in [0.5, 0.6) is 0 Å². The second-order valence-corrected chi connectivity index (χ2v) is 7.93. The molecule has 1 saturated heterocycles. The van der Waals surface area contributed by atoms with E-state index < -0.39 is 11.9 Å². The number of carbonyl (C=O) groups excluding carboxylic acids is 2. The van der Waals surface area contributed by atoms with Crippen molar-refractivity contribution in [2.45, 2.75) is 20.4 Å². The molecule has 0 unspecified atom stereocenters. The van der Waals surface area contributed by atoms with E-state index >= 15 is 0 Å². The van der Waals surface area contributed by atoms with Crippen LogP contribution in [0.1, 0.15) is 16.7 Å². The number of hydrogen-bond donors (Lipinski definition) is 1. The SMILES string of the molecule is COC(=O)C(=CNc1ccc(C)c(CN2CCN(c3ccc(C)cc3)CC2)c1)C(=O)OC. The maximum atomic E-state index is 11.8. The number of benzene rings is 2. The van der Waals surface area contributed by atoms with Gasteiger partial charge in [0.05, 0.1) is 14.2 Å². The van der Waals surface area contributed by atoms with Gasteiger partial charge < -0.3 is 19.7 Å². The maximum absolute atomic E-state index is 11.8. The van der Waals surface area contributed by atoms with Gasteiger partial charge in [0.25, 0.3) is 0 Å². The molecule has 2 aromatic rings. The summed E-state index contributed by atoms with van der Waals surface area (Å²) in [4.78, 5) is 28.5. The van der Waals surface area contributed by atoms with Gasteiger partial charge in [0.1, 0.15) is 0 Å². The molecule has 0 atom stereocenters. The number of piperazine rings is 1. The number of nitrogens with zero attached hydrogens (tertiary/aromatic N) is 2. The van der Waals surface area contributed by atoms with Crippen LogP contribution in [-0.2, 0) is 25.6 Å². The van der Waals surface area contributed by atoms with Crippen molar-refractivity contribution in [3.8, 4) is 0 Å². The Balaban J connectivity index is 1.63. The summed E-state index contributed by atoms with van der Waals surface area (Å²) < 4.78 is 9.31. The monoisotopic (exact) mass is 437 g/mol. The van der Waals surface area contributed by atoms with Gasteiger partial charge in [-0.25, -0.2) is 9.59 Å². The van der Waals surface area contributed by atoms with Gasteiger partial charge >= 0.3 is 11.9 Å². The molecule has 0 bridgehead atoms. The lowest BCUT2D eigenvalue weighted by molar-refractivity contribution is -0.144. The van der Waals surface area contributed by atoms with Crippen LogP contribution in [0.15, 0.2) is 54.2 Å². The Morgan fingerprint density at radius 3 is 2.16 bits per heavy atom. The Labute approximate surface area is 189 Å². The first-order valence-corrected chi connectivity index (χ1v) is 10.7. The molecule has 0 spiro atoms. The van der Waals surface area contributed by atoms with E-state index in [1.54, 1.807) is 0 Å². The Bertz CT molecular complexity index is 959. The van der Waals surface area contributed by atoms with Crippen molar-refractivity contribution < 1.29 is 19.1 Å². The third kappa shape index (κ3) is 5.88. The number of carbonyl (C=O) groups is 2. The number of esters is 2. The number of aryl methyl sites for hydroxylation is 2. The van der Waals surface area contributed by atoms with E-state index in [9.17, 15) is 9.59 Å². The van der Waals surface area contributed by atoms with E-state index in [2.05, 4.69) is 62.7 Å². The highest BCUT2D eigenvalue weighted by atomic mass is 16.5. The largest absolute Gasteiger partial charge is 0.465 e. The lowest BCUT2D eigenvalue weighted by Crippen LogP contribution is -2.46. The van der Waals surface area contributed by atoms with Crippen molar-refractivity contribution in [2.75, 3.05) is 50.6 Å². The normalized spacial score (nSPS) is 13.9. The van der Waals surface area contributed by atoms with Gasteiger partial charge in [-0.05, 0) is 49.2 Å². The predicted octanol–water partition coefficient (Wildman–Crippen LogP) is 3.27. The highest BCUT2D eigenvalue weighted by Crippen LogP contribution is 2.21. The molecule has 1 fully saturated rings. The summed E-state index contributed by atoms with van der Waals surface area (Å²) >= 11 is 0. The molecule has 32 heavy (non-hydrogen) atoms. The number of rotatable bonds is 7. The predicted molar refractivity (Wildman–Crippen MR) is 126 cm³/mol. The first-order valence-electron chi connectivity index (χ1n) is 10.7. The number of anilines is 2. The summed E-state index contributed by atoms with van der Waals surface area (Å²) in [6.07, 6.45) is 1.33. The van der Waals surface area contributed by atoms with Crippen molar-refractivity contribution in [1.29, 1.82) is 0 Å². The average molecular weight is 438 g/mol. The van der Waals surface area contributed by atoms with E-state index in [0.29, 0.717) is 0 Å². The van der Waals surface area contributed by atoms with Crippen LogP contribution in [-0.4, -0.2) is 57.2 Å². The first kappa shape index (κ1) is 23.3. The van der Waals surface area contributed by atoms with E-state index in [0.717, 1.165) is 38.4 Å². The Kier molecular flexibility index (Phi) is 7.89. The molecule has 0 saturated carbocycles. The van der Waals surface area contributed by atoms with Gasteiger partial charge in [0.15, 0.2) is 5.57 Å². The number of methoxy groups -OCH3 is 2. The molecule has 1 aliphatic rings. The number of ether oxygens (including phenoxy) is 2. The summed E-state index contributed by atoms with van der Waals surface area (Å²) in [5, 5.41) is 3.02. The molecule has 7 nitrogen and oxygen atoms in total. The van der Waals surface area contributed by atoms with Crippen LogP contribution in [0.3, 0.4) is 0 Å². The van der Waals surface area contributed by atoms with Gasteiger partial charge in [0.2, 0.25) is 0 Å². The third-order valence-electron chi connectivity index (χ3n) is 5.71. The molecule has 170 valence electrons. The second kappa shape index (κ2) is 10.8. The number of nitrogens with one attached hydrogen (secondary N) is 1. The quantitative estimate of drug-likeness (QED) is 0.309. The van der Waals surface area contributed by atoms with Crippen LogP contribution in [0, 0.1) is 13.8 Å².